The van der Waals surface area contributed by atoms with Crippen molar-refractivity contribution in [3.05, 3.63) is 58.9 Å². The van der Waals surface area contributed by atoms with Crippen molar-refractivity contribution in [1.29, 1.82) is 0 Å². The largest absolute Gasteiger partial charge is 0.339 e. The van der Waals surface area contributed by atoms with Gasteiger partial charge < -0.3 is 5.32 Å². The number of hydrogen-bond acceptors (Lipinski definition) is 4. The molecule has 0 aliphatic heterocycles. The fraction of sp³-hybridized carbons (Fsp3) is 0.292. The Kier molecular flexibility index (Phi) is 4.96. The standard InChI is InChI=1S/C24H19F4N5/c1-13-31-32-23-30-22(20-18(33(13)23)4-3-15(21(20)28)11-19(26)27)29-17-10-14(9-16(25)12-17)5-6-24(2)7-8-24/h3-4,9-10,12,19H,7-8,11H2,1-2H3,(H,29,30,32). The molecule has 1 aliphatic carbocycles. The number of nitrogens with one attached hydrogen (secondary N) is 1. The Morgan fingerprint density at radius 1 is 1.15 bits per heavy atom. The van der Waals surface area contributed by atoms with Gasteiger partial charge in [0.25, 0.3) is 5.78 Å². The number of hydrogen-bond donors (Lipinski definition) is 1. The van der Waals surface area contributed by atoms with Gasteiger partial charge in [-0.2, -0.15) is 4.98 Å². The van der Waals surface area contributed by atoms with Gasteiger partial charge in [-0.15, -0.1) is 10.2 Å². The minimum atomic E-state index is -2.71. The molecule has 0 radical (unpaired) electrons. The molecule has 0 unspecified atom stereocenters. The van der Waals surface area contributed by atoms with Gasteiger partial charge in [-0.3, -0.25) is 4.40 Å². The highest BCUT2D eigenvalue weighted by molar-refractivity contribution is 5.94. The molecule has 2 aromatic carbocycles. The summed E-state index contributed by atoms with van der Waals surface area (Å²) in [6.45, 7) is 3.72. The number of alkyl halides is 2. The Bertz CT molecular complexity index is 1460. The molecule has 0 saturated heterocycles. The van der Waals surface area contributed by atoms with E-state index in [1.54, 1.807) is 13.0 Å². The number of benzene rings is 2. The van der Waals surface area contributed by atoms with E-state index >= 15 is 4.39 Å². The first kappa shape index (κ1) is 21.2. The van der Waals surface area contributed by atoms with Gasteiger partial charge in [0, 0.05) is 23.1 Å². The number of aromatic nitrogens is 4. The quantitative estimate of drug-likeness (QED) is 0.324. The molecule has 5 nitrogen and oxygen atoms in total. The summed E-state index contributed by atoms with van der Waals surface area (Å²) in [5, 5.41) is 10.9. The average molecular weight is 453 g/mol. The average Bonchev–Trinajstić information content (AvgIpc) is 3.38. The third kappa shape index (κ3) is 4.09. The summed E-state index contributed by atoms with van der Waals surface area (Å²) >= 11 is 0. The van der Waals surface area contributed by atoms with E-state index in [0.717, 1.165) is 12.8 Å². The smallest absolute Gasteiger partial charge is 0.257 e. The normalized spacial score (nSPS) is 14.5. The molecule has 0 spiro atoms. The molecule has 1 saturated carbocycles. The highest BCUT2D eigenvalue weighted by atomic mass is 19.3. The molecule has 2 heterocycles. The van der Waals surface area contributed by atoms with Gasteiger partial charge in [0.2, 0.25) is 6.43 Å². The second-order valence-electron chi connectivity index (χ2n) is 8.54. The molecule has 9 heteroatoms. The first-order valence-corrected chi connectivity index (χ1v) is 10.4. The summed E-state index contributed by atoms with van der Waals surface area (Å²) < 4.78 is 57.2. The lowest BCUT2D eigenvalue weighted by Crippen LogP contribution is -2.06. The van der Waals surface area contributed by atoms with Gasteiger partial charge in [0.05, 0.1) is 10.9 Å². The SMILES string of the molecule is Cc1nnc2nc(Nc3cc(F)cc(C#CC4(C)CC4)c3)c3c(F)c(CC(F)F)ccc3n12. The molecule has 0 amide bonds. The maximum atomic E-state index is 15.4. The Morgan fingerprint density at radius 2 is 1.94 bits per heavy atom. The molecule has 4 aromatic rings. The van der Waals surface area contributed by atoms with Crippen molar-refractivity contribution in [3.63, 3.8) is 0 Å². The number of anilines is 2. The summed E-state index contributed by atoms with van der Waals surface area (Å²) in [6.07, 6.45) is -1.43. The van der Waals surface area contributed by atoms with Gasteiger partial charge in [0.15, 0.2) is 0 Å². The van der Waals surface area contributed by atoms with Crippen LogP contribution in [0.5, 0.6) is 0 Å². The first-order valence-electron chi connectivity index (χ1n) is 10.4. The molecule has 2 aromatic heterocycles. The van der Waals surface area contributed by atoms with Gasteiger partial charge >= 0.3 is 0 Å². The van der Waals surface area contributed by atoms with Crippen LogP contribution in [0.3, 0.4) is 0 Å². The van der Waals surface area contributed by atoms with Crippen molar-refractivity contribution in [2.45, 2.75) is 39.5 Å². The van der Waals surface area contributed by atoms with Crippen LogP contribution in [-0.4, -0.2) is 26.0 Å². The zero-order valence-electron chi connectivity index (χ0n) is 17.9. The summed E-state index contributed by atoms with van der Waals surface area (Å²) in [6, 6.07) is 7.04. The topological polar surface area (TPSA) is 55.1 Å². The predicted octanol–water partition coefficient (Wildman–Crippen LogP) is 5.57. The van der Waals surface area contributed by atoms with Crippen molar-refractivity contribution in [3.8, 4) is 11.8 Å². The summed E-state index contributed by atoms with van der Waals surface area (Å²) in [4.78, 5) is 4.35. The van der Waals surface area contributed by atoms with E-state index in [2.05, 4.69) is 32.3 Å². The fourth-order valence-electron chi connectivity index (χ4n) is 3.70. The van der Waals surface area contributed by atoms with E-state index < -0.39 is 24.5 Å². The van der Waals surface area contributed by atoms with Crippen molar-refractivity contribution in [1.82, 2.24) is 19.6 Å². The van der Waals surface area contributed by atoms with Gasteiger partial charge in [-0.05, 0) is 56.5 Å². The molecule has 1 aliphatic rings. The van der Waals surface area contributed by atoms with Crippen molar-refractivity contribution < 1.29 is 17.6 Å². The van der Waals surface area contributed by atoms with Crippen LogP contribution in [0.15, 0.2) is 30.3 Å². The molecule has 33 heavy (non-hydrogen) atoms. The maximum absolute atomic E-state index is 15.4. The summed E-state index contributed by atoms with van der Waals surface area (Å²) in [5.74, 6) is 5.48. The van der Waals surface area contributed by atoms with E-state index in [9.17, 15) is 13.2 Å². The molecular weight excluding hydrogens is 434 g/mol. The lowest BCUT2D eigenvalue weighted by molar-refractivity contribution is 0.148. The minimum Gasteiger partial charge on any atom is -0.339 e. The summed E-state index contributed by atoms with van der Waals surface area (Å²) in [5.41, 5.74) is 0.953. The first-order chi connectivity index (χ1) is 15.7. The van der Waals surface area contributed by atoms with Crippen molar-refractivity contribution in [2.24, 2.45) is 5.41 Å². The van der Waals surface area contributed by atoms with E-state index in [-0.39, 0.29) is 28.0 Å². The minimum absolute atomic E-state index is 0.00839. The highest BCUT2D eigenvalue weighted by Crippen LogP contribution is 2.44. The third-order valence-corrected chi connectivity index (χ3v) is 5.74. The molecular formula is C24H19F4N5. The number of rotatable bonds is 4. The Morgan fingerprint density at radius 3 is 2.67 bits per heavy atom. The zero-order chi connectivity index (χ0) is 23.3. The number of nitrogens with zero attached hydrogens (tertiary/aromatic N) is 4. The second kappa shape index (κ2) is 7.73. The van der Waals surface area contributed by atoms with E-state index in [1.807, 2.05) is 6.92 Å². The van der Waals surface area contributed by atoms with Gasteiger partial charge in [0.1, 0.15) is 23.3 Å². The molecule has 1 N–H and O–H groups in total. The van der Waals surface area contributed by atoms with Crippen LogP contribution < -0.4 is 5.32 Å². The molecule has 1 fully saturated rings. The van der Waals surface area contributed by atoms with Crippen molar-refractivity contribution in [2.75, 3.05) is 5.32 Å². The van der Waals surface area contributed by atoms with Crippen LogP contribution in [0.2, 0.25) is 0 Å². The lowest BCUT2D eigenvalue weighted by atomic mass is 10.1. The monoisotopic (exact) mass is 453 g/mol. The highest BCUT2D eigenvalue weighted by Gasteiger charge is 2.35. The van der Waals surface area contributed by atoms with Crippen LogP contribution in [0.4, 0.5) is 29.1 Å². The van der Waals surface area contributed by atoms with Crippen LogP contribution in [-0.2, 0) is 6.42 Å². The predicted molar refractivity (Wildman–Crippen MR) is 117 cm³/mol. The number of halogens is 4. The van der Waals surface area contributed by atoms with Crippen molar-refractivity contribution >= 4 is 28.2 Å². The van der Waals surface area contributed by atoms with E-state index in [4.69, 9.17) is 0 Å². The van der Waals surface area contributed by atoms with E-state index in [1.165, 1.54) is 28.7 Å². The molecule has 0 atom stereocenters. The summed E-state index contributed by atoms with van der Waals surface area (Å²) in [7, 11) is 0. The molecule has 168 valence electrons. The Hall–Kier alpha value is -3.67. The van der Waals surface area contributed by atoms with Gasteiger partial charge in [-0.25, -0.2) is 17.6 Å². The third-order valence-electron chi connectivity index (χ3n) is 5.74. The van der Waals surface area contributed by atoms with Crippen LogP contribution in [0, 0.1) is 35.8 Å². The van der Waals surface area contributed by atoms with Crippen LogP contribution >= 0.6 is 0 Å². The fourth-order valence-corrected chi connectivity index (χ4v) is 3.70. The maximum Gasteiger partial charge on any atom is 0.257 e. The zero-order valence-corrected chi connectivity index (χ0v) is 17.9. The molecule has 5 rings (SSSR count). The number of aryl methyl sites for hydroxylation is 1. The Labute approximate surface area is 186 Å². The van der Waals surface area contributed by atoms with Crippen LogP contribution in [0.25, 0.3) is 16.7 Å². The Balaban J connectivity index is 1.65. The lowest BCUT2D eigenvalue weighted by Gasteiger charge is -2.14. The van der Waals surface area contributed by atoms with Crippen LogP contribution in [0.1, 0.15) is 36.7 Å². The molecule has 0 bridgehead atoms. The second-order valence-corrected chi connectivity index (χ2v) is 8.54. The van der Waals surface area contributed by atoms with Gasteiger partial charge in [-0.1, -0.05) is 17.9 Å². The van der Waals surface area contributed by atoms with E-state index in [0.29, 0.717) is 22.6 Å². The number of fused-ring (bicyclic) bond motifs is 3.